The highest BCUT2D eigenvalue weighted by molar-refractivity contribution is 5.94. The van der Waals surface area contributed by atoms with Gasteiger partial charge in [0.1, 0.15) is 17.3 Å². The van der Waals surface area contributed by atoms with Crippen LogP contribution < -0.4 is 0 Å². The van der Waals surface area contributed by atoms with Crippen molar-refractivity contribution in [3.8, 4) is 11.5 Å². The van der Waals surface area contributed by atoms with Crippen molar-refractivity contribution < 1.29 is 9.18 Å². The number of hydrogen-bond donors (Lipinski definition) is 0. The molecule has 1 aliphatic rings. The van der Waals surface area contributed by atoms with Crippen molar-refractivity contribution in [2.24, 2.45) is 7.05 Å². The number of imidazole rings is 1. The van der Waals surface area contributed by atoms with Gasteiger partial charge in [-0.2, -0.15) is 0 Å². The standard InChI is InChI=1S/C20H20FN5O/c1-13-11-17(19-22-8-10-25(19)2)24-18(23-13)14-7-9-26(12-14)20(27)15-5-3-4-6-16(15)21/h3-6,8,10-11,14H,7,9,12H2,1-2H3/t14-/m0/s1. The molecule has 0 unspecified atom stereocenters. The van der Waals surface area contributed by atoms with Crippen LogP contribution in [0.5, 0.6) is 0 Å². The number of halogens is 1. The second-order valence-electron chi connectivity index (χ2n) is 6.83. The molecule has 27 heavy (non-hydrogen) atoms. The highest BCUT2D eigenvalue weighted by Crippen LogP contribution is 2.28. The Kier molecular flexibility index (Phi) is 4.43. The third-order valence-electron chi connectivity index (χ3n) is 4.87. The summed E-state index contributed by atoms with van der Waals surface area (Å²) in [5.74, 6) is 0.734. The maximum Gasteiger partial charge on any atom is 0.256 e. The van der Waals surface area contributed by atoms with E-state index in [0.29, 0.717) is 18.9 Å². The zero-order valence-electron chi connectivity index (χ0n) is 15.3. The summed E-state index contributed by atoms with van der Waals surface area (Å²) in [5.41, 5.74) is 1.73. The fraction of sp³-hybridized carbons (Fsp3) is 0.300. The van der Waals surface area contributed by atoms with Crippen LogP contribution in [0.4, 0.5) is 4.39 Å². The van der Waals surface area contributed by atoms with Crippen LogP contribution >= 0.6 is 0 Å². The third kappa shape index (κ3) is 3.32. The van der Waals surface area contributed by atoms with Gasteiger partial charge in [0.2, 0.25) is 0 Å². The van der Waals surface area contributed by atoms with E-state index in [4.69, 9.17) is 4.98 Å². The van der Waals surface area contributed by atoms with Gasteiger partial charge in [0.15, 0.2) is 5.82 Å². The Labute approximate surface area is 156 Å². The lowest BCUT2D eigenvalue weighted by Crippen LogP contribution is -2.29. The van der Waals surface area contributed by atoms with Gasteiger partial charge in [0.05, 0.1) is 5.56 Å². The summed E-state index contributed by atoms with van der Waals surface area (Å²) < 4.78 is 15.8. The van der Waals surface area contributed by atoms with Crippen molar-refractivity contribution in [3.63, 3.8) is 0 Å². The molecule has 4 rings (SSSR count). The summed E-state index contributed by atoms with van der Waals surface area (Å²) in [4.78, 5) is 27.9. The van der Waals surface area contributed by atoms with E-state index in [9.17, 15) is 9.18 Å². The lowest BCUT2D eigenvalue weighted by atomic mass is 10.1. The van der Waals surface area contributed by atoms with Gasteiger partial charge in [-0.05, 0) is 31.5 Å². The van der Waals surface area contributed by atoms with E-state index in [0.717, 1.165) is 23.6 Å². The van der Waals surface area contributed by atoms with Crippen LogP contribution in [0.2, 0.25) is 0 Å². The van der Waals surface area contributed by atoms with Crippen LogP contribution in [0, 0.1) is 12.7 Å². The van der Waals surface area contributed by atoms with Gasteiger partial charge in [-0.25, -0.2) is 19.3 Å². The molecule has 138 valence electrons. The van der Waals surface area contributed by atoms with E-state index in [1.807, 2.05) is 30.8 Å². The van der Waals surface area contributed by atoms with Crippen molar-refractivity contribution in [2.45, 2.75) is 19.3 Å². The highest BCUT2D eigenvalue weighted by atomic mass is 19.1. The van der Waals surface area contributed by atoms with Gasteiger partial charge < -0.3 is 9.47 Å². The minimum Gasteiger partial charge on any atom is -0.338 e. The quantitative estimate of drug-likeness (QED) is 0.716. The third-order valence-corrected chi connectivity index (χ3v) is 4.87. The number of hydrogen-bond acceptors (Lipinski definition) is 4. The van der Waals surface area contributed by atoms with Gasteiger partial charge in [-0.3, -0.25) is 4.79 Å². The molecule has 3 aromatic rings. The molecule has 7 heteroatoms. The van der Waals surface area contributed by atoms with Gasteiger partial charge in [-0.15, -0.1) is 0 Å². The van der Waals surface area contributed by atoms with Crippen LogP contribution in [0.1, 0.15) is 34.2 Å². The lowest BCUT2D eigenvalue weighted by Gasteiger charge is -2.17. The molecule has 3 heterocycles. The zero-order valence-corrected chi connectivity index (χ0v) is 15.3. The second-order valence-corrected chi connectivity index (χ2v) is 6.83. The Morgan fingerprint density at radius 3 is 2.81 bits per heavy atom. The molecule has 0 spiro atoms. The van der Waals surface area contributed by atoms with E-state index in [1.165, 1.54) is 12.1 Å². The van der Waals surface area contributed by atoms with Crippen LogP contribution in [0.25, 0.3) is 11.5 Å². The van der Waals surface area contributed by atoms with Crippen molar-refractivity contribution >= 4 is 5.91 Å². The Hall–Kier alpha value is -3.09. The molecule has 1 amide bonds. The number of likely N-dealkylation sites (tertiary alicyclic amines) is 1. The molecule has 0 aliphatic carbocycles. The van der Waals surface area contributed by atoms with E-state index in [-0.39, 0.29) is 17.4 Å². The van der Waals surface area contributed by atoms with Crippen molar-refractivity contribution in [2.75, 3.05) is 13.1 Å². The molecule has 0 bridgehead atoms. The first-order valence-corrected chi connectivity index (χ1v) is 8.90. The summed E-state index contributed by atoms with van der Waals surface area (Å²) in [6, 6.07) is 7.99. The van der Waals surface area contributed by atoms with Gasteiger partial charge in [0, 0.05) is 44.1 Å². The average Bonchev–Trinajstić information content (AvgIpc) is 3.30. The topological polar surface area (TPSA) is 63.9 Å². The molecule has 1 saturated heterocycles. The molecule has 1 atom stereocenters. The smallest absolute Gasteiger partial charge is 0.256 e. The Morgan fingerprint density at radius 1 is 1.26 bits per heavy atom. The summed E-state index contributed by atoms with van der Waals surface area (Å²) in [7, 11) is 1.92. The maximum absolute atomic E-state index is 13.9. The van der Waals surface area contributed by atoms with Crippen molar-refractivity contribution in [1.29, 1.82) is 0 Å². The molecule has 1 aliphatic heterocycles. The molecule has 1 fully saturated rings. The minimum atomic E-state index is -0.491. The highest BCUT2D eigenvalue weighted by Gasteiger charge is 2.31. The van der Waals surface area contributed by atoms with Crippen LogP contribution in [-0.4, -0.2) is 43.4 Å². The summed E-state index contributed by atoms with van der Waals surface area (Å²) in [5, 5.41) is 0. The number of carbonyl (C=O) groups excluding carboxylic acids is 1. The fourth-order valence-electron chi connectivity index (χ4n) is 3.46. The van der Waals surface area contributed by atoms with Crippen LogP contribution in [0.15, 0.2) is 42.7 Å². The van der Waals surface area contributed by atoms with E-state index in [1.54, 1.807) is 23.2 Å². The van der Waals surface area contributed by atoms with Crippen molar-refractivity contribution in [1.82, 2.24) is 24.4 Å². The zero-order chi connectivity index (χ0) is 19.0. The van der Waals surface area contributed by atoms with Gasteiger partial charge >= 0.3 is 0 Å². The summed E-state index contributed by atoms with van der Waals surface area (Å²) in [6.07, 6.45) is 4.36. The summed E-state index contributed by atoms with van der Waals surface area (Å²) in [6.45, 7) is 2.97. The first-order chi connectivity index (χ1) is 13.0. The Bertz CT molecular complexity index is 1000. The molecule has 1 aromatic carbocycles. The largest absolute Gasteiger partial charge is 0.338 e. The maximum atomic E-state index is 13.9. The predicted molar refractivity (Wildman–Crippen MR) is 98.6 cm³/mol. The molecule has 0 N–H and O–H groups in total. The first kappa shape index (κ1) is 17.3. The number of benzene rings is 1. The number of aromatic nitrogens is 4. The molecule has 2 aromatic heterocycles. The SMILES string of the molecule is Cc1cc(-c2nccn2C)nc([C@H]2CCN(C(=O)c3ccccc3F)C2)n1. The number of amides is 1. The normalized spacial score (nSPS) is 16.7. The van der Waals surface area contributed by atoms with Gasteiger partial charge in [0.25, 0.3) is 5.91 Å². The number of aryl methyl sites for hydroxylation is 2. The molecule has 0 radical (unpaired) electrons. The minimum absolute atomic E-state index is 0.0274. The fourth-order valence-corrected chi connectivity index (χ4v) is 3.46. The lowest BCUT2D eigenvalue weighted by molar-refractivity contribution is 0.0786. The summed E-state index contributed by atoms with van der Waals surface area (Å²) >= 11 is 0. The van der Waals surface area contributed by atoms with E-state index >= 15 is 0 Å². The van der Waals surface area contributed by atoms with E-state index < -0.39 is 5.82 Å². The number of carbonyl (C=O) groups is 1. The number of nitrogens with zero attached hydrogens (tertiary/aromatic N) is 5. The monoisotopic (exact) mass is 365 g/mol. The first-order valence-electron chi connectivity index (χ1n) is 8.90. The predicted octanol–water partition coefficient (Wildman–Crippen LogP) is 2.95. The molecular weight excluding hydrogens is 345 g/mol. The van der Waals surface area contributed by atoms with Crippen molar-refractivity contribution in [3.05, 3.63) is 65.6 Å². The second kappa shape index (κ2) is 6.90. The average molecular weight is 365 g/mol. The Balaban J connectivity index is 1.57. The molecule has 6 nitrogen and oxygen atoms in total. The van der Waals surface area contributed by atoms with Crippen LogP contribution in [0.3, 0.4) is 0 Å². The van der Waals surface area contributed by atoms with Gasteiger partial charge in [-0.1, -0.05) is 12.1 Å². The Morgan fingerprint density at radius 2 is 2.07 bits per heavy atom. The van der Waals surface area contributed by atoms with E-state index in [2.05, 4.69) is 9.97 Å². The molecular formula is C20H20FN5O. The van der Waals surface area contributed by atoms with Crippen LogP contribution in [-0.2, 0) is 7.05 Å². The number of rotatable bonds is 3. The molecule has 0 saturated carbocycles.